The molecule has 3 rings (SSSR count). The van der Waals surface area contributed by atoms with Gasteiger partial charge in [-0.15, -0.1) is 11.8 Å². The lowest BCUT2D eigenvalue weighted by Gasteiger charge is -2.49. The molecule has 164 valence electrons. The number of quaternary nitrogens is 1. The van der Waals surface area contributed by atoms with Crippen molar-refractivity contribution in [2.24, 2.45) is 0 Å². The van der Waals surface area contributed by atoms with Crippen LogP contribution >= 0.6 is 11.8 Å². The second-order valence-electron chi connectivity index (χ2n) is 6.66. The van der Waals surface area contributed by atoms with E-state index < -0.39 is 40.4 Å². The summed E-state index contributed by atoms with van der Waals surface area (Å²) in [7, 11) is 0. The maximum atomic E-state index is 12.5. The number of rotatable bonds is 7. The van der Waals surface area contributed by atoms with Crippen LogP contribution in [0.15, 0.2) is 41.6 Å². The lowest BCUT2D eigenvalue weighted by atomic mass is 10.0. The number of carboxylic acid groups (broad SMARTS) is 1. The quantitative estimate of drug-likeness (QED) is 0.184. The molecule has 2 aliphatic rings. The first-order valence-corrected chi connectivity index (χ1v) is 10.1. The first-order valence-electron chi connectivity index (χ1n) is 9.05. The number of hydrogen-bond donors (Lipinski definition) is 4. The highest BCUT2D eigenvalue weighted by atomic mass is 32.2. The van der Waals surface area contributed by atoms with Crippen molar-refractivity contribution in [3.63, 3.8) is 0 Å². The molecule has 0 aliphatic carbocycles. The minimum absolute atomic E-state index is 0.0248. The van der Waals surface area contributed by atoms with Gasteiger partial charge in [0.1, 0.15) is 23.7 Å². The van der Waals surface area contributed by atoms with E-state index in [1.54, 1.807) is 12.1 Å². The number of carboxylic acids is 1. The van der Waals surface area contributed by atoms with Crippen LogP contribution in [0.4, 0.5) is 5.69 Å². The standard InChI is InChI=1S/C19H19N3O8S/c1-10(23)30-8-12-9-31-18-15(17(25)21(18)16(12)19(26)27)20-14(24)7-6-11-4-2-3-5-13(11)22(28)29/h2-7,15,18,22,28H,8-9H2,1H3,(H,20,24)(H,26,27). The number of carbonyl (C=O) groups excluding carboxylic acids is 3. The summed E-state index contributed by atoms with van der Waals surface area (Å²) in [6.45, 7) is 0.964. The molecule has 3 unspecified atom stereocenters. The van der Waals surface area contributed by atoms with Gasteiger partial charge in [0, 0.05) is 36.0 Å². The molecule has 1 aromatic carbocycles. The Morgan fingerprint density at radius 2 is 2.10 bits per heavy atom. The van der Waals surface area contributed by atoms with Crippen molar-refractivity contribution in [2.45, 2.75) is 18.3 Å². The van der Waals surface area contributed by atoms with E-state index in [1.807, 2.05) is 0 Å². The van der Waals surface area contributed by atoms with E-state index in [9.17, 15) is 34.7 Å². The van der Waals surface area contributed by atoms with Gasteiger partial charge in [-0.1, -0.05) is 12.1 Å². The van der Waals surface area contributed by atoms with Crippen molar-refractivity contribution in [2.75, 3.05) is 12.4 Å². The molecule has 0 saturated carbocycles. The van der Waals surface area contributed by atoms with Gasteiger partial charge in [0.05, 0.1) is 0 Å². The van der Waals surface area contributed by atoms with Gasteiger partial charge in [-0.2, -0.15) is 5.23 Å². The highest BCUT2D eigenvalue weighted by molar-refractivity contribution is 8.00. The summed E-state index contributed by atoms with van der Waals surface area (Å²) in [4.78, 5) is 48.6. The second kappa shape index (κ2) is 9.31. The van der Waals surface area contributed by atoms with Crippen LogP contribution in [-0.2, 0) is 23.9 Å². The Hall–Kier alpha value is -3.19. The molecular formula is C19H19N3O8S. The third-order valence-electron chi connectivity index (χ3n) is 4.60. The Morgan fingerprint density at radius 1 is 1.39 bits per heavy atom. The van der Waals surface area contributed by atoms with Crippen LogP contribution in [0, 0.1) is 5.21 Å². The number of carbonyl (C=O) groups is 4. The molecule has 2 heterocycles. The number of benzene rings is 1. The maximum absolute atomic E-state index is 12.5. The summed E-state index contributed by atoms with van der Waals surface area (Å²) in [5.41, 5.74) is 0.403. The molecule has 0 radical (unpaired) electrons. The van der Waals surface area contributed by atoms with Crippen molar-refractivity contribution < 1.29 is 39.5 Å². The van der Waals surface area contributed by atoms with E-state index in [-0.39, 0.29) is 23.7 Å². The van der Waals surface area contributed by atoms with Gasteiger partial charge in [-0.25, -0.2) is 10.0 Å². The molecule has 2 aliphatic heterocycles. The van der Waals surface area contributed by atoms with Crippen LogP contribution in [0.25, 0.3) is 6.08 Å². The molecule has 3 atom stereocenters. The molecule has 4 N–H and O–H groups in total. The Balaban J connectivity index is 1.69. The van der Waals surface area contributed by atoms with E-state index in [4.69, 9.17) is 4.74 Å². The fourth-order valence-corrected chi connectivity index (χ4v) is 4.51. The summed E-state index contributed by atoms with van der Waals surface area (Å²) in [6, 6.07) is 5.20. The van der Waals surface area contributed by atoms with Gasteiger partial charge in [-0.3, -0.25) is 19.3 Å². The number of nitrogens with zero attached hydrogens (tertiary/aromatic N) is 1. The molecule has 11 nitrogen and oxygen atoms in total. The topological polar surface area (TPSA) is 161 Å². The first-order chi connectivity index (χ1) is 14.7. The Labute approximate surface area is 180 Å². The van der Waals surface area contributed by atoms with Crippen molar-refractivity contribution in [1.82, 2.24) is 10.2 Å². The third-order valence-corrected chi connectivity index (χ3v) is 5.94. The average molecular weight is 449 g/mol. The SMILES string of the molecule is CC(=O)OCC1=C(C(=O)O)N2C(=O)C(NC(=O)C=Cc3ccccc3[NH+]([O-])O)C2SC1. The number of thioether (sulfide) groups is 1. The first kappa shape index (κ1) is 22.5. The molecule has 1 aromatic rings. The zero-order valence-electron chi connectivity index (χ0n) is 16.2. The summed E-state index contributed by atoms with van der Waals surface area (Å²) < 4.78 is 4.86. The molecule has 12 heteroatoms. The van der Waals surface area contributed by atoms with Crippen molar-refractivity contribution >= 4 is 47.3 Å². The minimum atomic E-state index is -1.32. The molecule has 0 spiro atoms. The molecular weight excluding hydrogens is 430 g/mol. The molecule has 0 aromatic heterocycles. The molecule has 0 bridgehead atoms. The van der Waals surface area contributed by atoms with Gasteiger partial charge in [0.15, 0.2) is 5.69 Å². The fourth-order valence-electron chi connectivity index (χ4n) is 3.19. The highest BCUT2D eigenvalue weighted by Gasteiger charge is 2.54. The largest absolute Gasteiger partial charge is 0.595 e. The molecule has 1 saturated heterocycles. The Bertz CT molecular complexity index is 990. The summed E-state index contributed by atoms with van der Waals surface area (Å²) in [5, 5.41) is 30.7. The molecule has 1 fully saturated rings. The van der Waals surface area contributed by atoms with Crippen molar-refractivity contribution in [3.8, 4) is 0 Å². The van der Waals surface area contributed by atoms with Crippen molar-refractivity contribution in [3.05, 3.63) is 52.4 Å². The molecule has 2 amide bonds. The zero-order chi connectivity index (χ0) is 22.7. The average Bonchev–Trinajstić information content (AvgIpc) is 2.73. The maximum Gasteiger partial charge on any atom is 0.352 e. The molecule has 31 heavy (non-hydrogen) atoms. The van der Waals surface area contributed by atoms with Crippen LogP contribution in [0.5, 0.6) is 0 Å². The van der Waals surface area contributed by atoms with Gasteiger partial charge < -0.3 is 20.4 Å². The van der Waals surface area contributed by atoms with E-state index in [0.717, 1.165) is 11.0 Å². The number of ether oxygens (including phenoxy) is 1. The number of nitrogens with one attached hydrogen (secondary N) is 2. The fraction of sp³-hybridized carbons (Fsp3) is 0.263. The van der Waals surface area contributed by atoms with Crippen LogP contribution in [0.1, 0.15) is 12.5 Å². The number of aliphatic carboxylic acids is 1. The number of para-hydroxylation sites is 1. The normalized spacial score (nSPS) is 21.4. The Kier molecular flexibility index (Phi) is 6.75. The lowest BCUT2D eigenvalue weighted by Crippen LogP contribution is -2.99. The summed E-state index contributed by atoms with van der Waals surface area (Å²) in [6.07, 6.45) is 2.44. The van der Waals surface area contributed by atoms with E-state index in [0.29, 0.717) is 11.1 Å². The lowest BCUT2D eigenvalue weighted by molar-refractivity contribution is -0.991. The van der Waals surface area contributed by atoms with E-state index >= 15 is 0 Å². The monoisotopic (exact) mass is 449 g/mol. The van der Waals surface area contributed by atoms with E-state index in [1.165, 1.54) is 36.9 Å². The van der Waals surface area contributed by atoms with E-state index in [2.05, 4.69) is 5.32 Å². The third kappa shape index (κ3) is 4.77. The van der Waals surface area contributed by atoms with Gasteiger partial charge in [-0.05, 0) is 12.1 Å². The predicted molar refractivity (Wildman–Crippen MR) is 108 cm³/mol. The number of fused-ring (bicyclic) bond motifs is 1. The Morgan fingerprint density at radius 3 is 2.74 bits per heavy atom. The summed E-state index contributed by atoms with van der Waals surface area (Å²) >= 11 is 1.24. The smallest absolute Gasteiger partial charge is 0.352 e. The van der Waals surface area contributed by atoms with Gasteiger partial charge >= 0.3 is 11.9 Å². The summed E-state index contributed by atoms with van der Waals surface area (Å²) in [5.74, 6) is -2.89. The number of esters is 1. The van der Waals surface area contributed by atoms with Crippen LogP contribution < -0.4 is 10.5 Å². The second-order valence-corrected chi connectivity index (χ2v) is 7.76. The number of amides is 2. The van der Waals surface area contributed by atoms with Crippen LogP contribution in [0.3, 0.4) is 0 Å². The van der Waals surface area contributed by atoms with Gasteiger partial charge in [0.25, 0.3) is 5.91 Å². The van der Waals surface area contributed by atoms with Crippen molar-refractivity contribution in [1.29, 1.82) is 0 Å². The minimum Gasteiger partial charge on any atom is -0.595 e. The zero-order valence-corrected chi connectivity index (χ0v) is 17.0. The predicted octanol–water partition coefficient (Wildman–Crippen LogP) is -0.595. The van der Waals surface area contributed by atoms with Gasteiger partial charge in [0.2, 0.25) is 5.91 Å². The van der Waals surface area contributed by atoms with Crippen LogP contribution in [0.2, 0.25) is 0 Å². The van der Waals surface area contributed by atoms with Crippen LogP contribution in [-0.4, -0.2) is 62.7 Å². The number of hydrogen-bond acceptors (Lipinski definition) is 8. The number of β-lactam (4-membered cyclic amide) rings is 1. The highest BCUT2D eigenvalue weighted by Crippen LogP contribution is 2.40.